The molecule has 1 aliphatic rings. The van der Waals surface area contributed by atoms with Gasteiger partial charge in [-0.2, -0.15) is 0 Å². The minimum absolute atomic E-state index is 0.0525. The van der Waals surface area contributed by atoms with Crippen LogP contribution in [0.2, 0.25) is 0 Å². The van der Waals surface area contributed by atoms with Crippen molar-refractivity contribution in [1.29, 1.82) is 0 Å². The first-order valence-corrected chi connectivity index (χ1v) is 7.55. The van der Waals surface area contributed by atoms with Crippen molar-refractivity contribution >= 4 is 11.6 Å². The molecule has 5 heteroatoms. The standard InChI is InChI=1S/C16H21N3O2/c1-12(20)14-6-2-5-9-19(14)16(21)10-13-11-18-8-4-3-7-15(18)17-13/h3-4,7-8,11-12,14,20H,2,5-6,9-10H2,1H3. The third-order valence-electron chi connectivity index (χ3n) is 4.17. The second-order valence-electron chi connectivity index (χ2n) is 5.77. The fourth-order valence-electron chi connectivity index (χ4n) is 3.10. The molecule has 112 valence electrons. The number of nitrogens with zero attached hydrogens (tertiary/aromatic N) is 3. The summed E-state index contributed by atoms with van der Waals surface area (Å²) in [4.78, 5) is 18.8. The number of imidazole rings is 1. The molecule has 21 heavy (non-hydrogen) atoms. The van der Waals surface area contributed by atoms with Gasteiger partial charge in [-0.15, -0.1) is 0 Å². The molecule has 0 radical (unpaired) electrons. The maximum Gasteiger partial charge on any atom is 0.228 e. The molecule has 0 spiro atoms. The van der Waals surface area contributed by atoms with E-state index in [2.05, 4.69) is 4.98 Å². The molecule has 2 aromatic heterocycles. The number of likely N-dealkylation sites (tertiary alicyclic amines) is 1. The zero-order chi connectivity index (χ0) is 14.8. The highest BCUT2D eigenvalue weighted by Gasteiger charge is 2.30. The number of pyridine rings is 1. The lowest BCUT2D eigenvalue weighted by Gasteiger charge is -2.37. The van der Waals surface area contributed by atoms with E-state index in [1.54, 1.807) is 6.92 Å². The van der Waals surface area contributed by atoms with E-state index >= 15 is 0 Å². The molecular weight excluding hydrogens is 266 g/mol. The zero-order valence-electron chi connectivity index (χ0n) is 12.3. The molecule has 1 amide bonds. The third kappa shape index (κ3) is 2.93. The Balaban J connectivity index is 1.75. The lowest BCUT2D eigenvalue weighted by atomic mass is 9.97. The largest absolute Gasteiger partial charge is 0.391 e. The first-order chi connectivity index (χ1) is 10.1. The van der Waals surface area contributed by atoms with Crippen LogP contribution in [0.15, 0.2) is 30.6 Å². The summed E-state index contributed by atoms with van der Waals surface area (Å²) >= 11 is 0. The average Bonchev–Trinajstić information content (AvgIpc) is 2.89. The molecule has 0 aliphatic carbocycles. The monoisotopic (exact) mass is 287 g/mol. The topological polar surface area (TPSA) is 57.8 Å². The Kier molecular flexibility index (Phi) is 3.92. The summed E-state index contributed by atoms with van der Waals surface area (Å²) < 4.78 is 1.92. The van der Waals surface area contributed by atoms with Crippen molar-refractivity contribution in [2.45, 2.75) is 44.8 Å². The number of aliphatic hydroxyl groups is 1. The van der Waals surface area contributed by atoms with E-state index in [9.17, 15) is 9.90 Å². The van der Waals surface area contributed by atoms with E-state index in [0.29, 0.717) is 6.42 Å². The van der Waals surface area contributed by atoms with Crippen molar-refractivity contribution < 1.29 is 9.90 Å². The number of aromatic nitrogens is 2. The number of hydrogen-bond acceptors (Lipinski definition) is 3. The summed E-state index contributed by atoms with van der Waals surface area (Å²) in [6, 6.07) is 5.74. The molecular formula is C16H21N3O2. The molecule has 3 heterocycles. The maximum absolute atomic E-state index is 12.5. The van der Waals surface area contributed by atoms with Crippen LogP contribution in [-0.2, 0) is 11.2 Å². The van der Waals surface area contributed by atoms with Crippen molar-refractivity contribution in [2.75, 3.05) is 6.54 Å². The molecule has 0 aromatic carbocycles. The molecule has 0 bridgehead atoms. The highest BCUT2D eigenvalue weighted by Crippen LogP contribution is 2.21. The van der Waals surface area contributed by atoms with E-state index < -0.39 is 6.10 Å². The van der Waals surface area contributed by atoms with Crippen molar-refractivity contribution in [1.82, 2.24) is 14.3 Å². The van der Waals surface area contributed by atoms with Crippen LogP contribution in [0.25, 0.3) is 5.65 Å². The summed E-state index contributed by atoms with van der Waals surface area (Å²) in [6.45, 7) is 2.50. The summed E-state index contributed by atoms with van der Waals surface area (Å²) in [7, 11) is 0. The molecule has 3 rings (SSSR count). The minimum atomic E-state index is -0.477. The number of piperidine rings is 1. The van der Waals surface area contributed by atoms with E-state index in [0.717, 1.165) is 37.1 Å². The molecule has 2 aromatic rings. The van der Waals surface area contributed by atoms with Gasteiger partial charge in [-0.05, 0) is 38.3 Å². The maximum atomic E-state index is 12.5. The molecule has 1 fully saturated rings. The summed E-state index contributed by atoms with van der Waals surface area (Å²) in [5.74, 6) is 0.0593. The van der Waals surface area contributed by atoms with Gasteiger partial charge in [0, 0.05) is 18.9 Å². The third-order valence-corrected chi connectivity index (χ3v) is 4.17. The Hall–Kier alpha value is -1.88. The van der Waals surface area contributed by atoms with Gasteiger partial charge in [0.25, 0.3) is 0 Å². The second kappa shape index (κ2) is 5.85. The van der Waals surface area contributed by atoms with E-state index in [1.807, 2.05) is 39.9 Å². The smallest absolute Gasteiger partial charge is 0.228 e. The van der Waals surface area contributed by atoms with Gasteiger partial charge in [0.05, 0.1) is 24.3 Å². The van der Waals surface area contributed by atoms with Crippen LogP contribution in [0.3, 0.4) is 0 Å². The highest BCUT2D eigenvalue weighted by molar-refractivity contribution is 5.79. The van der Waals surface area contributed by atoms with Crippen LogP contribution >= 0.6 is 0 Å². The van der Waals surface area contributed by atoms with Gasteiger partial charge in [0.1, 0.15) is 5.65 Å². The van der Waals surface area contributed by atoms with Gasteiger partial charge in [-0.1, -0.05) is 6.07 Å². The van der Waals surface area contributed by atoms with Crippen LogP contribution < -0.4 is 0 Å². The van der Waals surface area contributed by atoms with Gasteiger partial charge in [-0.3, -0.25) is 4.79 Å². The SMILES string of the molecule is CC(O)C1CCCCN1C(=O)Cc1cn2ccccc2n1. The van der Waals surface area contributed by atoms with Crippen LogP contribution in [0, 0.1) is 0 Å². The van der Waals surface area contributed by atoms with Gasteiger partial charge in [-0.25, -0.2) is 4.98 Å². The summed E-state index contributed by atoms with van der Waals surface area (Å²) in [5.41, 5.74) is 1.63. The quantitative estimate of drug-likeness (QED) is 0.933. The van der Waals surface area contributed by atoms with Crippen LogP contribution in [-0.4, -0.2) is 44.0 Å². The second-order valence-corrected chi connectivity index (χ2v) is 5.77. The molecule has 0 saturated carbocycles. The fourth-order valence-corrected chi connectivity index (χ4v) is 3.10. The van der Waals surface area contributed by atoms with Crippen LogP contribution in [0.4, 0.5) is 0 Å². The predicted octanol–water partition coefficient (Wildman–Crippen LogP) is 1.64. The normalized spacial score (nSPS) is 20.7. The number of fused-ring (bicyclic) bond motifs is 1. The van der Waals surface area contributed by atoms with E-state index in [1.165, 1.54) is 0 Å². The van der Waals surface area contributed by atoms with Crippen molar-refractivity contribution in [3.63, 3.8) is 0 Å². The Bertz CT molecular complexity index is 602. The van der Waals surface area contributed by atoms with E-state index in [4.69, 9.17) is 0 Å². The minimum Gasteiger partial charge on any atom is -0.391 e. The van der Waals surface area contributed by atoms with Gasteiger partial charge in [0.15, 0.2) is 0 Å². The Labute approximate surface area is 124 Å². The highest BCUT2D eigenvalue weighted by atomic mass is 16.3. The number of amides is 1. The molecule has 2 unspecified atom stereocenters. The average molecular weight is 287 g/mol. The Morgan fingerprint density at radius 1 is 1.48 bits per heavy atom. The number of carbonyl (C=O) groups is 1. The Morgan fingerprint density at radius 2 is 2.33 bits per heavy atom. The van der Waals surface area contributed by atoms with Crippen molar-refractivity contribution in [2.24, 2.45) is 0 Å². The van der Waals surface area contributed by atoms with E-state index in [-0.39, 0.29) is 11.9 Å². The number of rotatable bonds is 3. The first-order valence-electron chi connectivity index (χ1n) is 7.55. The number of hydrogen-bond donors (Lipinski definition) is 1. The lowest BCUT2D eigenvalue weighted by molar-refractivity contribution is -0.137. The zero-order valence-corrected chi connectivity index (χ0v) is 12.3. The molecule has 1 N–H and O–H groups in total. The molecule has 5 nitrogen and oxygen atoms in total. The summed E-state index contributed by atoms with van der Waals surface area (Å²) in [6.07, 6.45) is 6.62. The van der Waals surface area contributed by atoms with Gasteiger partial charge < -0.3 is 14.4 Å². The predicted molar refractivity (Wildman–Crippen MR) is 79.9 cm³/mol. The number of carbonyl (C=O) groups excluding carboxylic acids is 1. The Morgan fingerprint density at radius 3 is 3.10 bits per heavy atom. The number of aliphatic hydroxyl groups excluding tert-OH is 1. The van der Waals surface area contributed by atoms with Crippen LogP contribution in [0.5, 0.6) is 0 Å². The molecule has 1 saturated heterocycles. The van der Waals surface area contributed by atoms with Gasteiger partial charge in [0.2, 0.25) is 5.91 Å². The summed E-state index contributed by atoms with van der Waals surface area (Å²) in [5, 5.41) is 9.86. The lowest BCUT2D eigenvalue weighted by Crippen LogP contribution is -2.49. The fraction of sp³-hybridized carbons (Fsp3) is 0.500. The first kappa shape index (κ1) is 14.1. The van der Waals surface area contributed by atoms with Crippen molar-refractivity contribution in [3.05, 3.63) is 36.3 Å². The van der Waals surface area contributed by atoms with Crippen LogP contribution in [0.1, 0.15) is 31.9 Å². The molecule has 2 atom stereocenters. The molecule has 1 aliphatic heterocycles. The van der Waals surface area contributed by atoms with Gasteiger partial charge >= 0.3 is 0 Å². The van der Waals surface area contributed by atoms with Crippen molar-refractivity contribution in [3.8, 4) is 0 Å².